The van der Waals surface area contributed by atoms with Crippen molar-refractivity contribution in [3.8, 4) is 5.88 Å². The van der Waals surface area contributed by atoms with E-state index in [0.717, 1.165) is 15.6 Å². The number of nitrogens with two attached hydrogens (primary N) is 1. The number of nitrogens with one attached hydrogen (secondary N) is 1. The van der Waals surface area contributed by atoms with Gasteiger partial charge in [-0.3, -0.25) is 10.8 Å². The predicted molar refractivity (Wildman–Crippen MR) is 76.6 cm³/mol. The van der Waals surface area contributed by atoms with Gasteiger partial charge in [-0.1, -0.05) is 28.1 Å². The van der Waals surface area contributed by atoms with Crippen LogP contribution in [0.1, 0.15) is 22.9 Å². The highest BCUT2D eigenvalue weighted by Gasteiger charge is 2.19. The highest BCUT2D eigenvalue weighted by Crippen LogP contribution is 2.28. The van der Waals surface area contributed by atoms with Gasteiger partial charge in [-0.25, -0.2) is 10.4 Å². The van der Waals surface area contributed by atoms with Gasteiger partial charge in [0.15, 0.2) is 0 Å². The molecule has 6 heteroatoms. The Morgan fingerprint density at radius 1 is 1.32 bits per heavy atom. The summed E-state index contributed by atoms with van der Waals surface area (Å²) in [5, 5.41) is 0. The normalized spacial score (nSPS) is 12.2. The second-order valence-electron chi connectivity index (χ2n) is 4.06. The van der Waals surface area contributed by atoms with Crippen LogP contribution < -0.4 is 16.0 Å². The monoisotopic (exact) mass is 322 g/mol. The zero-order valence-corrected chi connectivity index (χ0v) is 12.3. The lowest BCUT2D eigenvalue weighted by Crippen LogP contribution is -2.30. The molecule has 0 aliphatic heterocycles. The maximum atomic E-state index is 5.66. The van der Waals surface area contributed by atoms with Gasteiger partial charge in [0, 0.05) is 16.9 Å². The van der Waals surface area contributed by atoms with E-state index in [0.29, 0.717) is 11.6 Å². The zero-order chi connectivity index (χ0) is 13.8. The first-order valence-electron chi connectivity index (χ1n) is 5.74. The first kappa shape index (κ1) is 13.9. The van der Waals surface area contributed by atoms with Gasteiger partial charge in [-0.15, -0.1) is 0 Å². The van der Waals surface area contributed by atoms with Gasteiger partial charge >= 0.3 is 0 Å². The second kappa shape index (κ2) is 6.10. The van der Waals surface area contributed by atoms with E-state index in [1.54, 1.807) is 19.5 Å². The van der Waals surface area contributed by atoms with Gasteiger partial charge in [0.1, 0.15) is 5.69 Å². The van der Waals surface area contributed by atoms with Crippen LogP contribution in [0.5, 0.6) is 5.88 Å². The Balaban J connectivity index is 2.46. The molecule has 0 bridgehead atoms. The van der Waals surface area contributed by atoms with Crippen LogP contribution >= 0.6 is 15.9 Å². The zero-order valence-electron chi connectivity index (χ0n) is 10.7. The van der Waals surface area contributed by atoms with Crippen LogP contribution in [0, 0.1) is 6.92 Å². The Kier molecular flexibility index (Phi) is 4.47. The van der Waals surface area contributed by atoms with E-state index < -0.39 is 0 Å². The highest BCUT2D eigenvalue weighted by atomic mass is 79.9. The van der Waals surface area contributed by atoms with Crippen molar-refractivity contribution < 1.29 is 4.74 Å². The number of methoxy groups -OCH3 is 1. The number of benzene rings is 1. The van der Waals surface area contributed by atoms with Crippen LogP contribution in [0.3, 0.4) is 0 Å². The SMILES string of the molecule is COc1nccnc1C(NN)c1ccc(C)c(Br)c1. The van der Waals surface area contributed by atoms with Crippen molar-refractivity contribution in [1.82, 2.24) is 15.4 Å². The van der Waals surface area contributed by atoms with Gasteiger partial charge in [0.25, 0.3) is 0 Å². The van der Waals surface area contributed by atoms with Crippen LogP contribution in [0.25, 0.3) is 0 Å². The minimum Gasteiger partial charge on any atom is -0.480 e. The minimum absolute atomic E-state index is 0.277. The van der Waals surface area contributed by atoms with Gasteiger partial charge in [0.05, 0.1) is 13.2 Å². The fraction of sp³-hybridized carbons (Fsp3) is 0.231. The Morgan fingerprint density at radius 2 is 2.05 bits per heavy atom. The lowest BCUT2D eigenvalue weighted by atomic mass is 10.0. The molecule has 1 aromatic carbocycles. The molecule has 3 N–H and O–H groups in total. The summed E-state index contributed by atoms with van der Waals surface area (Å²) in [5.74, 6) is 6.12. The maximum Gasteiger partial charge on any atom is 0.237 e. The topological polar surface area (TPSA) is 73.1 Å². The molecule has 0 aliphatic rings. The summed E-state index contributed by atoms with van der Waals surface area (Å²) >= 11 is 3.52. The fourth-order valence-electron chi connectivity index (χ4n) is 1.81. The molecule has 0 aliphatic carbocycles. The van der Waals surface area contributed by atoms with Crippen molar-refractivity contribution in [2.45, 2.75) is 13.0 Å². The molecule has 0 saturated carbocycles. The van der Waals surface area contributed by atoms with Crippen molar-refractivity contribution in [2.24, 2.45) is 5.84 Å². The average molecular weight is 323 g/mol. The molecule has 100 valence electrons. The summed E-state index contributed by atoms with van der Waals surface area (Å²) in [5.41, 5.74) is 5.55. The molecule has 2 rings (SSSR count). The molecule has 0 saturated heterocycles. The standard InChI is InChI=1S/C13H15BrN4O/c1-8-3-4-9(7-10(8)14)11(18-15)12-13(19-2)17-6-5-16-12/h3-7,11,18H,15H2,1-2H3. The molecule has 1 heterocycles. The third-order valence-electron chi connectivity index (χ3n) is 2.85. The molecular formula is C13H15BrN4O. The summed E-state index contributed by atoms with van der Waals surface area (Å²) in [6, 6.07) is 5.75. The van der Waals surface area contributed by atoms with Gasteiger partial charge in [-0.05, 0) is 24.1 Å². The van der Waals surface area contributed by atoms with Gasteiger partial charge in [0.2, 0.25) is 5.88 Å². The van der Waals surface area contributed by atoms with E-state index in [1.807, 2.05) is 25.1 Å². The first-order valence-corrected chi connectivity index (χ1v) is 6.53. The molecule has 0 amide bonds. The van der Waals surface area contributed by atoms with Crippen LogP contribution in [0.15, 0.2) is 35.1 Å². The second-order valence-corrected chi connectivity index (χ2v) is 4.91. The molecule has 0 fully saturated rings. The van der Waals surface area contributed by atoms with Gasteiger partial charge < -0.3 is 4.74 Å². The number of rotatable bonds is 4. The Labute approximate surface area is 120 Å². The molecule has 5 nitrogen and oxygen atoms in total. The lowest BCUT2D eigenvalue weighted by molar-refractivity contribution is 0.383. The van der Waals surface area contributed by atoms with Crippen molar-refractivity contribution in [3.63, 3.8) is 0 Å². The van der Waals surface area contributed by atoms with Crippen molar-refractivity contribution >= 4 is 15.9 Å². The summed E-state index contributed by atoms with van der Waals surface area (Å²) in [6.07, 6.45) is 3.20. The molecule has 0 spiro atoms. The number of aryl methyl sites for hydroxylation is 1. The largest absolute Gasteiger partial charge is 0.480 e. The highest BCUT2D eigenvalue weighted by molar-refractivity contribution is 9.10. The van der Waals surface area contributed by atoms with Gasteiger partial charge in [-0.2, -0.15) is 0 Å². The van der Waals surface area contributed by atoms with E-state index in [9.17, 15) is 0 Å². The smallest absolute Gasteiger partial charge is 0.237 e. The molecular weight excluding hydrogens is 308 g/mol. The summed E-state index contributed by atoms with van der Waals surface area (Å²) in [6.45, 7) is 2.03. The van der Waals surface area contributed by atoms with E-state index in [-0.39, 0.29) is 6.04 Å². The van der Waals surface area contributed by atoms with Crippen LogP contribution in [-0.2, 0) is 0 Å². The molecule has 2 aromatic rings. The molecule has 1 unspecified atom stereocenters. The summed E-state index contributed by atoms with van der Waals surface area (Å²) < 4.78 is 6.24. The first-order chi connectivity index (χ1) is 9.17. The predicted octanol–water partition coefficient (Wildman–Crippen LogP) is 2.11. The molecule has 1 atom stereocenters. The minimum atomic E-state index is -0.277. The van der Waals surface area contributed by atoms with Crippen LogP contribution in [0.4, 0.5) is 0 Å². The Bertz CT molecular complexity index is 576. The molecule has 0 radical (unpaired) electrons. The molecule has 19 heavy (non-hydrogen) atoms. The number of aromatic nitrogens is 2. The maximum absolute atomic E-state index is 5.66. The van der Waals surface area contributed by atoms with E-state index in [1.165, 1.54) is 0 Å². The van der Waals surface area contributed by atoms with Crippen molar-refractivity contribution in [2.75, 3.05) is 7.11 Å². The Hall–Kier alpha value is -1.50. The number of nitrogens with zero attached hydrogens (tertiary/aromatic N) is 2. The average Bonchev–Trinajstić information content (AvgIpc) is 2.44. The number of hydrazine groups is 1. The van der Waals surface area contributed by atoms with E-state index >= 15 is 0 Å². The molecule has 1 aromatic heterocycles. The van der Waals surface area contributed by atoms with Crippen LogP contribution in [0.2, 0.25) is 0 Å². The third-order valence-corrected chi connectivity index (χ3v) is 3.71. The number of ether oxygens (including phenoxy) is 1. The number of hydrogen-bond acceptors (Lipinski definition) is 5. The number of hydrogen-bond donors (Lipinski definition) is 2. The van der Waals surface area contributed by atoms with Crippen molar-refractivity contribution in [1.29, 1.82) is 0 Å². The third kappa shape index (κ3) is 2.91. The number of halogens is 1. The lowest BCUT2D eigenvalue weighted by Gasteiger charge is -2.18. The Morgan fingerprint density at radius 3 is 2.68 bits per heavy atom. The summed E-state index contributed by atoms with van der Waals surface area (Å²) in [7, 11) is 1.56. The van der Waals surface area contributed by atoms with Crippen LogP contribution in [-0.4, -0.2) is 17.1 Å². The van der Waals surface area contributed by atoms with Crippen molar-refractivity contribution in [3.05, 3.63) is 51.9 Å². The fourth-order valence-corrected chi connectivity index (χ4v) is 2.21. The van der Waals surface area contributed by atoms with E-state index in [2.05, 4.69) is 31.3 Å². The van der Waals surface area contributed by atoms with E-state index in [4.69, 9.17) is 10.6 Å². The summed E-state index contributed by atoms with van der Waals surface area (Å²) in [4.78, 5) is 8.44. The quantitative estimate of drug-likeness (QED) is 0.666.